The third kappa shape index (κ3) is 2.75. The largest absolute Gasteiger partial charge is 0.496 e. The lowest BCUT2D eigenvalue weighted by Crippen LogP contribution is -2.38. The van der Waals surface area contributed by atoms with Crippen LogP contribution in [0.3, 0.4) is 0 Å². The first-order chi connectivity index (χ1) is 8.18. The number of alkyl halides is 3. The summed E-state index contributed by atoms with van der Waals surface area (Å²) < 4.78 is 42.1. The van der Waals surface area contributed by atoms with Crippen molar-refractivity contribution in [3.63, 3.8) is 0 Å². The van der Waals surface area contributed by atoms with E-state index in [2.05, 4.69) is 0 Å². The fourth-order valence-corrected chi connectivity index (χ4v) is 1.75. The molecule has 1 aromatic rings. The quantitative estimate of drug-likeness (QED) is 0.819. The first-order valence-corrected chi connectivity index (χ1v) is 5.18. The molecule has 0 heterocycles. The summed E-state index contributed by atoms with van der Waals surface area (Å²) in [5.74, 6) is -1.29. The summed E-state index contributed by atoms with van der Waals surface area (Å²) in [4.78, 5) is 11.7. The molecule has 6 heteroatoms. The topological polar surface area (TPSA) is 29.5 Å². The number of ether oxygens (including phenoxy) is 1. The van der Waals surface area contributed by atoms with Gasteiger partial charge in [0.1, 0.15) is 5.75 Å². The van der Waals surface area contributed by atoms with Crippen LogP contribution in [0.4, 0.5) is 18.9 Å². The Morgan fingerprint density at radius 3 is 2.00 bits per heavy atom. The minimum absolute atomic E-state index is 0.188. The molecule has 1 aromatic carbocycles. The number of anilines is 1. The predicted octanol–water partition coefficient (Wildman–Crippen LogP) is 2.84. The van der Waals surface area contributed by atoms with Gasteiger partial charge in [-0.1, -0.05) is 0 Å². The molecule has 0 fully saturated rings. The van der Waals surface area contributed by atoms with Crippen molar-refractivity contribution in [2.75, 3.05) is 19.1 Å². The molecule has 0 spiro atoms. The summed E-state index contributed by atoms with van der Waals surface area (Å²) in [5, 5.41) is 0. The van der Waals surface area contributed by atoms with Crippen molar-refractivity contribution in [2.45, 2.75) is 20.0 Å². The van der Waals surface area contributed by atoms with Crippen molar-refractivity contribution in [3.8, 4) is 5.75 Å². The van der Waals surface area contributed by atoms with Gasteiger partial charge in [0.05, 0.1) is 7.11 Å². The Kier molecular flexibility index (Phi) is 3.88. The minimum atomic E-state index is -4.88. The van der Waals surface area contributed by atoms with Gasteiger partial charge in [0, 0.05) is 12.7 Å². The number of carbonyl (C=O) groups is 1. The zero-order chi connectivity index (χ0) is 14.1. The highest BCUT2D eigenvalue weighted by Crippen LogP contribution is 2.30. The minimum Gasteiger partial charge on any atom is -0.496 e. The van der Waals surface area contributed by atoms with E-state index in [4.69, 9.17) is 4.74 Å². The second-order valence-corrected chi connectivity index (χ2v) is 3.97. The molecule has 0 saturated heterocycles. The van der Waals surface area contributed by atoms with Crippen LogP contribution in [-0.4, -0.2) is 26.2 Å². The molecule has 0 aromatic heterocycles. The van der Waals surface area contributed by atoms with E-state index in [1.165, 1.54) is 19.2 Å². The number of benzene rings is 1. The van der Waals surface area contributed by atoms with Gasteiger partial charge in [-0.05, 0) is 37.1 Å². The van der Waals surface area contributed by atoms with Crippen LogP contribution in [0.1, 0.15) is 11.1 Å². The number of halogens is 3. The van der Waals surface area contributed by atoms with Crippen LogP contribution in [0, 0.1) is 13.8 Å². The van der Waals surface area contributed by atoms with Crippen LogP contribution >= 0.6 is 0 Å². The first-order valence-electron chi connectivity index (χ1n) is 5.18. The van der Waals surface area contributed by atoms with Gasteiger partial charge in [0.25, 0.3) is 0 Å². The molecule has 0 saturated carbocycles. The molecule has 0 bridgehead atoms. The van der Waals surface area contributed by atoms with Crippen LogP contribution in [0.25, 0.3) is 0 Å². The fourth-order valence-electron chi connectivity index (χ4n) is 1.75. The Hall–Kier alpha value is -1.72. The third-order valence-corrected chi connectivity index (χ3v) is 2.58. The number of nitrogens with zero attached hydrogens (tertiary/aromatic N) is 1. The second-order valence-electron chi connectivity index (χ2n) is 3.97. The highest BCUT2D eigenvalue weighted by Gasteiger charge is 2.41. The summed E-state index contributed by atoms with van der Waals surface area (Å²) in [6.45, 7) is 3.42. The van der Waals surface area contributed by atoms with E-state index in [9.17, 15) is 18.0 Å². The van der Waals surface area contributed by atoms with Crippen LogP contribution in [0.15, 0.2) is 12.1 Å². The first kappa shape index (κ1) is 14.3. The van der Waals surface area contributed by atoms with Gasteiger partial charge in [-0.3, -0.25) is 4.79 Å². The maximum atomic E-state index is 12.3. The zero-order valence-corrected chi connectivity index (χ0v) is 10.6. The summed E-state index contributed by atoms with van der Waals surface area (Å²) >= 11 is 0. The average molecular weight is 261 g/mol. The summed E-state index contributed by atoms with van der Waals surface area (Å²) in [5.41, 5.74) is 1.54. The normalized spacial score (nSPS) is 11.3. The molecule has 0 aliphatic carbocycles. The summed E-state index contributed by atoms with van der Waals surface area (Å²) in [6, 6.07) is 2.96. The highest BCUT2D eigenvalue weighted by atomic mass is 19.4. The van der Waals surface area contributed by atoms with Crippen molar-refractivity contribution in [1.82, 2.24) is 0 Å². The Bertz CT molecular complexity index is 446. The number of amides is 1. The average Bonchev–Trinajstić information content (AvgIpc) is 2.25. The zero-order valence-electron chi connectivity index (χ0n) is 10.6. The Morgan fingerprint density at radius 1 is 1.22 bits per heavy atom. The fraction of sp³-hybridized carbons (Fsp3) is 0.417. The number of carbonyl (C=O) groups excluding carboxylic acids is 1. The van der Waals surface area contributed by atoms with Crippen molar-refractivity contribution in [3.05, 3.63) is 23.3 Å². The molecular weight excluding hydrogens is 247 g/mol. The molecule has 100 valence electrons. The molecule has 0 aliphatic heterocycles. The molecule has 0 unspecified atom stereocenters. The molecule has 18 heavy (non-hydrogen) atoms. The molecule has 0 radical (unpaired) electrons. The van der Waals surface area contributed by atoms with Gasteiger partial charge < -0.3 is 9.64 Å². The lowest BCUT2D eigenvalue weighted by atomic mass is 10.1. The molecule has 0 atom stereocenters. The number of aryl methyl sites for hydroxylation is 2. The molecule has 1 rings (SSSR count). The van der Waals surface area contributed by atoms with E-state index < -0.39 is 12.1 Å². The van der Waals surface area contributed by atoms with Crippen molar-refractivity contribution in [1.29, 1.82) is 0 Å². The summed E-state index contributed by atoms with van der Waals surface area (Å²) in [7, 11) is 2.58. The van der Waals surface area contributed by atoms with Gasteiger partial charge in [0.15, 0.2) is 0 Å². The van der Waals surface area contributed by atoms with Gasteiger partial charge >= 0.3 is 12.1 Å². The molecule has 1 amide bonds. The van der Waals surface area contributed by atoms with Gasteiger partial charge in [0.2, 0.25) is 0 Å². The van der Waals surface area contributed by atoms with Crippen LogP contribution in [0.5, 0.6) is 5.75 Å². The van der Waals surface area contributed by atoms with E-state index >= 15 is 0 Å². The third-order valence-electron chi connectivity index (χ3n) is 2.58. The van der Waals surface area contributed by atoms with E-state index in [1.807, 2.05) is 0 Å². The van der Waals surface area contributed by atoms with E-state index in [0.717, 1.165) is 7.05 Å². The molecule has 0 aliphatic rings. The number of hydrogen-bond donors (Lipinski definition) is 0. The molecular formula is C12H14F3NO2. The van der Waals surface area contributed by atoms with Gasteiger partial charge in [-0.25, -0.2) is 0 Å². The maximum absolute atomic E-state index is 12.3. The Labute approximate surface area is 103 Å². The number of rotatable bonds is 2. The summed E-state index contributed by atoms with van der Waals surface area (Å²) in [6.07, 6.45) is -4.88. The van der Waals surface area contributed by atoms with Crippen LogP contribution in [-0.2, 0) is 4.79 Å². The van der Waals surface area contributed by atoms with Crippen LogP contribution in [0.2, 0.25) is 0 Å². The Morgan fingerprint density at radius 2 is 1.67 bits per heavy atom. The van der Waals surface area contributed by atoms with E-state index in [0.29, 0.717) is 21.8 Å². The van der Waals surface area contributed by atoms with Crippen molar-refractivity contribution >= 4 is 11.6 Å². The predicted molar refractivity (Wildman–Crippen MR) is 61.9 cm³/mol. The van der Waals surface area contributed by atoms with E-state index in [-0.39, 0.29) is 5.69 Å². The van der Waals surface area contributed by atoms with Crippen LogP contribution < -0.4 is 9.64 Å². The Balaban J connectivity index is 3.16. The van der Waals surface area contributed by atoms with Gasteiger partial charge in [-0.2, -0.15) is 13.2 Å². The lowest BCUT2D eigenvalue weighted by Gasteiger charge is -2.21. The maximum Gasteiger partial charge on any atom is 0.471 e. The monoisotopic (exact) mass is 261 g/mol. The second kappa shape index (κ2) is 4.88. The highest BCUT2D eigenvalue weighted by molar-refractivity contribution is 5.97. The van der Waals surface area contributed by atoms with Crippen molar-refractivity contribution < 1.29 is 22.7 Å². The van der Waals surface area contributed by atoms with Crippen molar-refractivity contribution in [2.24, 2.45) is 0 Å². The smallest absolute Gasteiger partial charge is 0.471 e. The standard InChI is InChI=1S/C12H14F3NO2/c1-7-5-9(6-8(2)10(7)18-4)16(3)11(17)12(13,14)15/h5-6H,1-4H3. The van der Waals surface area contributed by atoms with Gasteiger partial charge in [-0.15, -0.1) is 0 Å². The molecule has 0 N–H and O–H groups in total. The lowest BCUT2D eigenvalue weighted by molar-refractivity contribution is -0.170. The molecule has 3 nitrogen and oxygen atoms in total. The number of methoxy groups -OCH3 is 1. The van der Waals surface area contributed by atoms with E-state index in [1.54, 1.807) is 13.8 Å². The number of hydrogen-bond acceptors (Lipinski definition) is 2. The SMILES string of the molecule is COc1c(C)cc(N(C)C(=O)C(F)(F)F)cc1C.